The highest BCUT2D eigenvalue weighted by Crippen LogP contribution is 2.22. The average Bonchev–Trinajstić information content (AvgIpc) is 2.80. The Morgan fingerprint density at radius 1 is 1.32 bits per heavy atom. The number of hydrogen-bond donors (Lipinski definition) is 1. The van der Waals surface area contributed by atoms with Gasteiger partial charge in [0.25, 0.3) is 0 Å². The van der Waals surface area contributed by atoms with Crippen LogP contribution in [-0.4, -0.2) is 27.2 Å². The van der Waals surface area contributed by atoms with Crippen molar-refractivity contribution in [2.24, 2.45) is 5.41 Å². The molecule has 1 unspecified atom stereocenters. The fraction of sp³-hybridized carbons (Fsp3) is 0.600. The first-order valence-electron chi connectivity index (χ1n) is 7.03. The third kappa shape index (κ3) is 3.53. The van der Waals surface area contributed by atoms with E-state index in [2.05, 4.69) is 49.2 Å². The molecule has 0 fully saturated rings. The molecule has 2 aromatic rings. The molecule has 2 rings (SSSR count). The van der Waals surface area contributed by atoms with Crippen LogP contribution in [0.5, 0.6) is 0 Å². The molecule has 0 radical (unpaired) electrons. The van der Waals surface area contributed by atoms with E-state index in [-0.39, 0.29) is 5.41 Å². The number of fused-ring (bicyclic) bond motifs is 1. The molecule has 2 heterocycles. The van der Waals surface area contributed by atoms with Gasteiger partial charge in [0.1, 0.15) is 0 Å². The maximum Gasteiger partial charge on any atom is 0.155 e. The quantitative estimate of drug-likeness (QED) is 0.898. The minimum atomic E-state index is 0.225. The van der Waals surface area contributed by atoms with Crippen LogP contribution in [0.3, 0.4) is 0 Å². The maximum atomic E-state index is 4.66. The average molecular weight is 260 g/mol. The molecule has 4 heteroatoms. The summed E-state index contributed by atoms with van der Waals surface area (Å²) >= 11 is 0. The van der Waals surface area contributed by atoms with Crippen LogP contribution < -0.4 is 5.32 Å². The van der Waals surface area contributed by atoms with Gasteiger partial charge in [-0.15, -0.1) is 0 Å². The van der Waals surface area contributed by atoms with Gasteiger partial charge >= 0.3 is 0 Å². The van der Waals surface area contributed by atoms with Gasteiger partial charge in [-0.3, -0.25) is 0 Å². The van der Waals surface area contributed by atoms with Crippen molar-refractivity contribution in [2.45, 2.75) is 46.6 Å². The van der Waals surface area contributed by atoms with Gasteiger partial charge in [0.05, 0.1) is 6.20 Å². The van der Waals surface area contributed by atoms with Crippen LogP contribution in [0.25, 0.3) is 5.65 Å². The highest BCUT2D eigenvalue weighted by atomic mass is 15.2. The van der Waals surface area contributed by atoms with E-state index in [1.54, 1.807) is 10.7 Å². The molecular formula is C15H24N4. The fourth-order valence-electron chi connectivity index (χ4n) is 2.18. The van der Waals surface area contributed by atoms with E-state index in [1.807, 2.05) is 12.3 Å². The summed E-state index contributed by atoms with van der Waals surface area (Å²) in [5.74, 6) is 0. The van der Waals surface area contributed by atoms with Gasteiger partial charge in [-0.2, -0.15) is 5.10 Å². The Hall–Kier alpha value is -1.42. The molecular weight excluding hydrogens is 236 g/mol. The minimum Gasteiger partial charge on any atom is -0.313 e. The number of nitrogens with one attached hydrogen (secondary N) is 1. The number of aromatic nitrogens is 3. The minimum absolute atomic E-state index is 0.225. The lowest BCUT2D eigenvalue weighted by molar-refractivity contribution is 0.265. The van der Waals surface area contributed by atoms with E-state index in [4.69, 9.17) is 0 Å². The lowest BCUT2D eigenvalue weighted by Crippen LogP contribution is -2.42. The van der Waals surface area contributed by atoms with E-state index in [0.29, 0.717) is 6.04 Å². The summed E-state index contributed by atoms with van der Waals surface area (Å²) in [4.78, 5) is 4.66. The summed E-state index contributed by atoms with van der Waals surface area (Å²) in [7, 11) is 0. The lowest BCUT2D eigenvalue weighted by Gasteiger charge is -2.31. The monoisotopic (exact) mass is 260 g/mol. The Bertz CT molecular complexity index is 524. The highest BCUT2D eigenvalue weighted by Gasteiger charge is 2.24. The molecule has 0 aliphatic rings. The molecule has 0 amide bonds. The summed E-state index contributed by atoms with van der Waals surface area (Å²) in [5, 5.41) is 7.81. The first-order valence-corrected chi connectivity index (χ1v) is 7.03. The zero-order valence-corrected chi connectivity index (χ0v) is 12.3. The van der Waals surface area contributed by atoms with Crippen molar-refractivity contribution in [1.29, 1.82) is 0 Å². The standard InChI is InChI=1S/C15H24N4/c1-5-8-16-13(15(2,3)4)11-12-7-10-19-14(18-12)6-9-17-19/h6-7,9-10,13,16H,5,8,11H2,1-4H3. The van der Waals surface area contributed by atoms with Gasteiger partial charge in [0.2, 0.25) is 0 Å². The Morgan fingerprint density at radius 2 is 2.11 bits per heavy atom. The Morgan fingerprint density at radius 3 is 2.79 bits per heavy atom. The van der Waals surface area contributed by atoms with Crippen molar-refractivity contribution < 1.29 is 0 Å². The summed E-state index contributed by atoms with van der Waals surface area (Å²) in [5.41, 5.74) is 2.26. The highest BCUT2D eigenvalue weighted by molar-refractivity contribution is 5.36. The Kier molecular flexibility index (Phi) is 4.20. The topological polar surface area (TPSA) is 42.2 Å². The summed E-state index contributed by atoms with van der Waals surface area (Å²) in [6.45, 7) is 10.1. The zero-order valence-electron chi connectivity index (χ0n) is 12.3. The van der Waals surface area contributed by atoms with Crippen LogP contribution in [0.15, 0.2) is 24.5 Å². The Balaban J connectivity index is 2.15. The van der Waals surface area contributed by atoms with E-state index < -0.39 is 0 Å². The third-order valence-electron chi connectivity index (χ3n) is 3.42. The van der Waals surface area contributed by atoms with Crippen LogP contribution in [0.2, 0.25) is 0 Å². The van der Waals surface area contributed by atoms with E-state index in [0.717, 1.165) is 30.7 Å². The van der Waals surface area contributed by atoms with Crippen LogP contribution >= 0.6 is 0 Å². The van der Waals surface area contributed by atoms with Gasteiger partial charge in [-0.1, -0.05) is 27.7 Å². The summed E-state index contributed by atoms with van der Waals surface area (Å²) in [6.07, 6.45) is 5.87. The van der Waals surface area contributed by atoms with Gasteiger partial charge < -0.3 is 5.32 Å². The van der Waals surface area contributed by atoms with Crippen molar-refractivity contribution >= 4 is 5.65 Å². The maximum absolute atomic E-state index is 4.66. The second-order valence-electron chi connectivity index (χ2n) is 6.13. The van der Waals surface area contributed by atoms with E-state index in [9.17, 15) is 0 Å². The predicted molar refractivity (Wildman–Crippen MR) is 78.2 cm³/mol. The molecule has 2 aromatic heterocycles. The molecule has 0 saturated heterocycles. The number of nitrogens with zero attached hydrogens (tertiary/aromatic N) is 3. The van der Waals surface area contributed by atoms with Gasteiger partial charge in [0.15, 0.2) is 5.65 Å². The van der Waals surface area contributed by atoms with Crippen molar-refractivity contribution in [2.75, 3.05) is 6.54 Å². The number of hydrogen-bond acceptors (Lipinski definition) is 3. The summed E-state index contributed by atoms with van der Waals surface area (Å²) in [6, 6.07) is 4.44. The van der Waals surface area contributed by atoms with Crippen molar-refractivity contribution in [3.05, 3.63) is 30.2 Å². The normalized spacial score (nSPS) is 13.9. The smallest absolute Gasteiger partial charge is 0.155 e. The van der Waals surface area contributed by atoms with Gasteiger partial charge in [-0.05, 0) is 24.4 Å². The molecule has 0 saturated carbocycles. The molecule has 1 atom stereocenters. The van der Waals surface area contributed by atoms with Crippen molar-refractivity contribution in [1.82, 2.24) is 19.9 Å². The SMILES string of the molecule is CCCNC(Cc1ccn2nccc2n1)C(C)(C)C. The lowest BCUT2D eigenvalue weighted by atomic mass is 9.84. The first kappa shape index (κ1) is 14.0. The van der Waals surface area contributed by atoms with E-state index >= 15 is 0 Å². The molecule has 0 aliphatic carbocycles. The Labute approximate surface area is 115 Å². The second kappa shape index (κ2) is 5.70. The van der Waals surface area contributed by atoms with Crippen LogP contribution in [0.1, 0.15) is 39.8 Å². The number of rotatable bonds is 5. The van der Waals surface area contributed by atoms with Gasteiger partial charge in [0, 0.05) is 30.4 Å². The first-order chi connectivity index (χ1) is 9.00. The molecule has 0 aromatic carbocycles. The van der Waals surface area contributed by atoms with Crippen molar-refractivity contribution in [3.8, 4) is 0 Å². The predicted octanol–water partition coefficient (Wildman–Crippen LogP) is 2.69. The van der Waals surface area contributed by atoms with Crippen LogP contribution in [-0.2, 0) is 6.42 Å². The molecule has 0 aliphatic heterocycles. The molecule has 0 bridgehead atoms. The molecule has 0 spiro atoms. The van der Waals surface area contributed by atoms with Crippen LogP contribution in [0.4, 0.5) is 0 Å². The van der Waals surface area contributed by atoms with Gasteiger partial charge in [-0.25, -0.2) is 9.50 Å². The molecule has 1 N–H and O–H groups in total. The largest absolute Gasteiger partial charge is 0.313 e. The molecule has 19 heavy (non-hydrogen) atoms. The molecule has 4 nitrogen and oxygen atoms in total. The second-order valence-corrected chi connectivity index (χ2v) is 6.13. The molecule has 104 valence electrons. The van der Waals surface area contributed by atoms with Crippen molar-refractivity contribution in [3.63, 3.8) is 0 Å². The van der Waals surface area contributed by atoms with E-state index in [1.165, 1.54) is 0 Å². The van der Waals surface area contributed by atoms with Crippen LogP contribution in [0, 0.1) is 5.41 Å². The summed E-state index contributed by atoms with van der Waals surface area (Å²) < 4.78 is 1.80. The third-order valence-corrected chi connectivity index (χ3v) is 3.42. The fourth-order valence-corrected chi connectivity index (χ4v) is 2.18. The zero-order chi connectivity index (χ0) is 13.9.